The molecule has 0 saturated heterocycles. The Morgan fingerprint density at radius 3 is 2.53 bits per heavy atom. The first-order valence-electron chi connectivity index (χ1n) is 4.99. The first-order valence-corrected chi connectivity index (χ1v) is 4.99. The fraction of sp³-hybridized carbons (Fsp3) is 0.455. The second-order valence-corrected chi connectivity index (χ2v) is 3.57. The molecule has 0 aliphatic rings. The van der Waals surface area contributed by atoms with E-state index in [1.165, 1.54) is 0 Å². The maximum absolute atomic E-state index is 8.97. The van der Waals surface area contributed by atoms with E-state index >= 15 is 0 Å². The normalized spacial score (nSPS) is 10.7. The number of anilines is 1. The molecule has 1 rings (SSSR count). The summed E-state index contributed by atoms with van der Waals surface area (Å²) in [6.07, 6.45) is 0. The van der Waals surface area contributed by atoms with E-state index in [0.717, 1.165) is 16.8 Å². The molecule has 0 unspecified atom stereocenters. The van der Waals surface area contributed by atoms with Gasteiger partial charge in [0.05, 0.1) is 19.3 Å². The van der Waals surface area contributed by atoms with Gasteiger partial charge in [-0.1, -0.05) is 12.1 Å². The molecule has 15 heavy (non-hydrogen) atoms. The SMILES string of the molecule is Cc1ccc(CN)c(NC(CO)CO)c1. The van der Waals surface area contributed by atoms with Crippen LogP contribution in [-0.2, 0) is 6.54 Å². The Kier molecular flexibility index (Phi) is 4.55. The number of benzene rings is 1. The Labute approximate surface area is 89.7 Å². The summed E-state index contributed by atoms with van der Waals surface area (Å²) in [7, 11) is 0. The quantitative estimate of drug-likeness (QED) is 0.560. The highest BCUT2D eigenvalue weighted by atomic mass is 16.3. The Hall–Kier alpha value is -1.10. The highest BCUT2D eigenvalue weighted by molar-refractivity contribution is 5.53. The van der Waals surface area contributed by atoms with Gasteiger partial charge in [0.15, 0.2) is 0 Å². The minimum Gasteiger partial charge on any atom is -0.394 e. The summed E-state index contributed by atoms with van der Waals surface area (Å²) in [6, 6.07) is 5.56. The molecular formula is C11H18N2O2. The maximum atomic E-state index is 8.97. The zero-order valence-corrected chi connectivity index (χ0v) is 8.90. The molecule has 0 radical (unpaired) electrons. The van der Waals surface area contributed by atoms with Crippen molar-refractivity contribution in [2.75, 3.05) is 18.5 Å². The van der Waals surface area contributed by atoms with Crippen LogP contribution >= 0.6 is 0 Å². The molecule has 0 aromatic heterocycles. The molecule has 0 atom stereocenters. The summed E-state index contributed by atoms with van der Waals surface area (Å²) in [5, 5.41) is 21.0. The average molecular weight is 210 g/mol. The molecule has 0 heterocycles. The second kappa shape index (κ2) is 5.70. The van der Waals surface area contributed by atoms with Crippen molar-refractivity contribution in [1.82, 2.24) is 0 Å². The lowest BCUT2D eigenvalue weighted by Crippen LogP contribution is -2.28. The number of rotatable bonds is 5. The lowest BCUT2D eigenvalue weighted by Gasteiger charge is -2.18. The lowest BCUT2D eigenvalue weighted by atomic mass is 10.1. The molecule has 0 aliphatic carbocycles. The van der Waals surface area contributed by atoms with Gasteiger partial charge in [0, 0.05) is 12.2 Å². The van der Waals surface area contributed by atoms with E-state index in [1.54, 1.807) is 0 Å². The zero-order valence-electron chi connectivity index (χ0n) is 8.90. The van der Waals surface area contributed by atoms with Gasteiger partial charge in [-0.2, -0.15) is 0 Å². The van der Waals surface area contributed by atoms with Crippen LogP contribution in [0, 0.1) is 6.92 Å². The number of nitrogens with two attached hydrogens (primary N) is 1. The average Bonchev–Trinajstić information content (AvgIpc) is 2.26. The molecule has 0 saturated carbocycles. The fourth-order valence-corrected chi connectivity index (χ4v) is 1.37. The van der Waals surface area contributed by atoms with Crippen LogP contribution in [0.15, 0.2) is 18.2 Å². The summed E-state index contributed by atoms with van der Waals surface area (Å²) in [5.74, 6) is 0. The van der Waals surface area contributed by atoms with E-state index in [4.69, 9.17) is 15.9 Å². The van der Waals surface area contributed by atoms with Crippen molar-refractivity contribution >= 4 is 5.69 Å². The third kappa shape index (κ3) is 3.20. The van der Waals surface area contributed by atoms with Gasteiger partial charge in [0.2, 0.25) is 0 Å². The van der Waals surface area contributed by atoms with Gasteiger partial charge in [0.25, 0.3) is 0 Å². The van der Waals surface area contributed by atoms with Crippen LogP contribution in [0.1, 0.15) is 11.1 Å². The van der Waals surface area contributed by atoms with Gasteiger partial charge in [-0.05, 0) is 24.1 Å². The predicted octanol–water partition coefficient (Wildman–Crippen LogP) is 0.219. The molecule has 1 aromatic carbocycles. The van der Waals surface area contributed by atoms with Crippen molar-refractivity contribution in [3.63, 3.8) is 0 Å². The first-order chi connectivity index (χ1) is 7.21. The summed E-state index contributed by atoms with van der Waals surface area (Å²) >= 11 is 0. The smallest absolute Gasteiger partial charge is 0.0723 e. The van der Waals surface area contributed by atoms with Crippen molar-refractivity contribution in [1.29, 1.82) is 0 Å². The molecule has 4 heteroatoms. The van der Waals surface area contributed by atoms with Crippen molar-refractivity contribution in [2.24, 2.45) is 5.73 Å². The fourth-order valence-electron chi connectivity index (χ4n) is 1.37. The predicted molar refractivity (Wildman–Crippen MR) is 60.7 cm³/mol. The Bertz CT molecular complexity index is 311. The number of hydrogen-bond acceptors (Lipinski definition) is 4. The van der Waals surface area contributed by atoms with Crippen molar-refractivity contribution < 1.29 is 10.2 Å². The minimum absolute atomic E-state index is 0.103. The van der Waals surface area contributed by atoms with Crippen LogP contribution < -0.4 is 11.1 Å². The molecule has 5 N–H and O–H groups in total. The number of nitrogens with one attached hydrogen (secondary N) is 1. The van der Waals surface area contributed by atoms with E-state index in [9.17, 15) is 0 Å². The number of aliphatic hydroxyl groups excluding tert-OH is 2. The first kappa shape index (κ1) is 12.0. The van der Waals surface area contributed by atoms with E-state index in [-0.39, 0.29) is 19.3 Å². The zero-order chi connectivity index (χ0) is 11.3. The second-order valence-electron chi connectivity index (χ2n) is 3.57. The third-order valence-corrected chi connectivity index (χ3v) is 2.29. The summed E-state index contributed by atoms with van der Waals surface area (Å²) in [4.78, 5) is 0. The molecule has 0 fully saturated rings. The van der Waals surface area contributed by atoms with Crippen LogP contribution in [0.2, 0.25) is 0 Å². The third-order valence-electron chi connectivity index (χ3n) is 2.29. The van der Waals surface area contributed by atoms with Gasteiger partial charge < -0.3 is 21.3 Å². The van der Waals surface area contributed by atoms with Gasteiger partial charge in [-0.25, -0.2) is 0 Å². The molecule has 0 spiro atoms. The topological polar surface area (TPSA) is 78.5 Å². The van der Waals surface area contributed by atoms with Crippen LogP contribution in [0.3, 0.4) is 0 Å². The van der Waals surface area contributed by atoms with Crippen LogP contribution in [0.25, 0.3) is 0 Å². The molecule has 0 aliphatic heterocycles. The Morgan fingerprint density at radius 2 is 2.00 bits per heavy atom. The van der Waals surface area contributed by atoms with Gasteiger partial charge in [-0.15, -0.1) is 0 Å². The summed E-state index contributed by atoms with van der Waals surface area (Å²) < 4.78 is 0. The number of hydrogen-bond donors (Lipinski definition) is 4. The lowest BCUT2D eigenvalue weighted by molar-refractivity contribution is 0.204. The van der Waals surface area contributed by atoms with Crippen molar-refractivity contribution in [3.05, 3.63) is 29.3 Å². The molecule has 0 amide bonds. The highest BCUT2D eigenvalue weighted by Crippen LogP contribution is 2.17. The number of aryl methyl sites for hydroxylation is 1. The minimum atomic E-state index is -0.336. The molecule has 1 aromatic rings. The molecule has 84 valence electrons. The van der Waals surface area contributed by atoms with E-state index < -0.39 is 0 Å². The van der Waals surface area contributed by atoms with Crippen LogP contribution in [0.5, 0.6) is 0 Å². The van der Waals surface area contributed by atoms with E-state index in [0.29, 0.717) is 6.54 Å². The summed E-state index contributed by atoms with van der Waals surface area (Å²) in [6.45, 7) is 2.22. The van der Waals surface area contributed by atoms with Crippen LogP contribution in [-0.4, -0.2) is 29.5 Å². The van der Waals surface area contributed by atoms with Gasteiger partial charge in [0.1, 0.15) is 0 Å². The van der Waals surface area contributed by atoms with Gasteiger partial charge >= 0.3 is 0 Å². The number of aliphatic hydroxyl groups is 2. The standard InChI is InChI=1S/C11H18N2O2/c1-8-2-3-9(5-12)11(4-8)13-10(6-14)7-15/h2-4,10,13-15H,5-7,12H2,1H3. The van der Waals surface area contributed by atoms with Crippen LogP contribution in [0.4, 0.5) is 5.69 Å². The van der Waals surface area contributed by atoms with Crippen molar-refractivity contribution in [2.45, 2.75) is 19.5 Å². The molecular weight excluding hydrogens is 192 g/mol. The van der Waals surface area contributed by atoms with E-state index in [2.05, 4.69) is 5.32 Å². The van der Waals surface area contributed by atoms with Crippen molar-refractivity contribution in [3.8, 4) is 0 Å². The van der Waals surface area contributed by atoms with Gasteiger partial charge in [-0.3, -0.25) is 0 Å². The monoisotopic (exact) mass is 210 g/mol. The maximum Gasteiger partial charge on any atom is 0.0723 e. The summed E-state index contributed by atoms with van der Waals surface area (Å²) in [5.41, 5.74) is 8.57. The van der Waals surface area contributed by atoms with E-state index in [1.807, 2.05) is 25.1 Å². The molecule has 0 bridgehead atoms. The largest absolute Gasteiger partial charge is 0.394 e. The Morgan fingerprint density at radius 1 is 1.33 bits per heavy atom. The highest BCUT2D eigenvalue weighted by Gasteiger charge is 2.08. The Balaban J connectivity index is 2.86. The molecule has 4 nitrogen and oxygen atoms in total.